The third-order valence-corrected chi connectivity index (χ3v) is 5.63. The van der Waals surface area contributed by atoms with Gasteiger partial charge in [-0.25, -0.2) is 4.79 Å². The lowest BCUT2D eigenvalue weighted by molar-refractivity contribution is 0.119. The van der Waals surface area contributed by atoms with Crippen molar-refractivity contribution >= 4 is 34.1 Å². The van der Waals surface area contributed by atoms with Gasteiger partial charge in [-0.3, -0.25) is 14.3 Å². The van der Waals surface area contributed by atoms with Gasteiger partial charge in [-0.15, -0.1) is 0 Å². The van der Waals surface area contributed by atoms with E-state index in [1.165, 1.54) is 23.4 Å². The third kappa shape index (κ3) is 3.38. The van der Waals surface area contributed by atoms with E-state index < -0.39 is 5.69 Å². The molecule has 0 fully saturated rings. The van der Waals surface area contributed by atoms with Crippen molar-refractivity contribution in [1.29, 1.82) is 0 Å². The average Bonchev–Trinajstić information content (AvgIpc) is 2.61. The van der Waals surface area contributed by atoms with E-state index in [2.05, 4.69) is 4.98 Å². The number of aromatic nitrogens is 2. The molecule has 5 nitrogen and oxygen atoms in total. The van der Waals surface area contributed by atoms with Crippen LogP contribution in [-0.2, 0) is 17.9 Å². The Morgan fingerprint density at radius 2 is 1.96 bits per heavy atom. The fraction of sp³-hybridized carbons (Fsp3) is 0.222. The molecular formula is C18H17ClN2O3S. The number of benzene rings is 2. The van der Waals surface area contributed by atoms with E-state index in [0.29, 0.717) is 22.0 Å². The van der Waals surface area contributed by atoms with Crippen molar-refractivity contribution in [1.82, 2.24) is 9.55 Å². The minimum atomic E-state index is -0.497. The predicted octanol–water partition coefficient (Wildman–Crippen LogP) is 3.66. The van der Waals surface area contributed by atoms with Gasteiger partial charge in [0.1, 0.15) is 6.73 Å². The van der Waals surface area contributed by atoms with Crippen LogP contribution in [0.15, 0.2) is 55.9 Å². The molecular weight excluding hydrogens is 360 g/mol. The van der Waals surface area contributed by atoms with Crippen molar-refractivity contribution in [2.45, 2.75) is 30.0 Å². The van der Waals surface area contributed by atoms with E-state index in [9.17, 15) is 9.59 Å². The lowest BCUT2D eigenvalue weighted by atomic mass is 10.1. The molecule has 1 N–H and O–H groups in total. The largest absolute Gasteiger partial charge is 0.364 e. The van der Waals surface area contributed by atoms with Crippen LogP contribution in [-0.4, -0.2) is 16.7 Å². The topological polar surface area (TPSA) is 64.1 Å². The minimum Gasteiger partial charge on any atom is -0.364 e. The monoisotopic (exact) mass is 376 g/mol. The molecule has 0 spiro atoms. The van der Waals surface area contributed by atoms with Gasteiger partial charge in [-0.2, -0.15) is 0 Å². The van der Waals surface area contributed by atoms with E-state index >= 15 is 0 Å². The van der Waals surface area contributed by atoms with Crippen LogP contribution < -0.4 is 11.2 Å². The Labute approximate surface area is 153 Å². The number of fused-ring (bicyclic) bond motifs is 1. The van der Waals surface area contributed by atoms with Crippen LogP contribution in [0.5, 0.6) is 0 Å². The van der Waals surface area contributed by atoms with Crippen molar-refractivity contribution < 1.29 is 4.74 Å². The zero-order valence-electron chi connectivity index (χ0n) is 13.8. The van der Waals surface area contributed by atoms with Gasteiger partial charge < -0.3 is 4.74 Å². The Morgan fingerprint density at radius 3 is 2.68 bits per heavy atom. The molecule has 7 heteroatoms. The molecule has 3 aromatic rings. The summed E-state index contributed by atoms with van der Waals surface area (Å²) in [6.07, 6.45) is 0.493. The van der Waals surface area contributed by atoms with Crippen LogP contribution in [0.25, 0.3) is 10.8 Å². The molecule has 3 rings (SSSR count). The first-order valence-corrected chi connectivity index (χ1v) is 8.96. The van der Waals surface area contributed by atoms with Crippen LogP contribution >= 0.6 is 23.4 Å². The molecule has 0 aliphatic carbocycles. The number of rotatable bonds is 5. The number of hydrogen-bond acceptors (Lipinski definition) is 4. The molecule has 0 amide bonds. The highest BCUT2D eigenvalue weighted by molar-refractivity contribution is 7.99. The van der Waals surface area contributed by atoms with Crippen LogP contribution in [0.1, 0.15) is 12.5 Å². The van der Waals surface area contributed by atoms with Crippen molar-refractivity contribution in [3.8, 4) is 0 Å². The Bertz CT molecular complexity index is 1040. The van der Waals surface area contributed by atoms with Crippen molar-refractivity contribution in [2.24, 2.45) is 0 Å². The second kappa shape index (κ2) is 7.47. The molecule has 1 heterocycles. The van der Waals surface area contributed by atoms with Gasteiger partial charge in [-0.05, 0) is 17.9 Å². The summed E-state index contributed by atoms with van der Waals surface area (Å²) < 4.78 is 6.53. The van der Waals surface area contributed by atoms with Crippen molar-refractivity contribution in [2.75, 3.05) is 7.11 Å². The molecule has 1 aromatic heterocycles. The van der Waals surface area contributed by atoms with Gasteiger partial charge in [0, 0.05) is 23.0 Å². The second-order valence-electron chi connectivity index (χ2n) is 5.44. The fourth-order valence-corrected chi connectivity index (χ4v) is 4.16. The lowest BCUT2D eigenvalue weighted by Gasteiger charge is -2.15. The predicted molar refractivity (Wildman–Crippen MR) is 101 cm³/mol. The van der Waals surface area contributed by atoms with Crippen LogP contribution in [0.4, 0.5) is 0 Å². The number of nitrogens with zero attached hydrogens (tertiary/aromatic N) is 1. The van der Waals surface area contributed by atoms with Crippen molar-refractivity contribution in [3.63, 3.8) is 0 Å². The Hall–Kier alpha value is -2.02. The standard InChI is InChI=1S/C18H17ClN2O3S/c1-3-12-16(22)20-18(23)21(10-24-2)17(12)25-14-9-8-11-6-4-5-7-13(11)15(14)19/h4-9H,3,10H2,1-2H3,(H,20,22,23). The van der Waals surface area contributed by atoms with Gasteiger partial charge in [0.2, 0.25) is 0 Å². The summed E-state index contributed by atoms with van der Waals surface area (Å²) in [6.45, 7) is 1.92. The van der Waals surface area contributed by atoms with Gasteiger partial charge in [0.05, 0.1) is 10.0 Å². The normalized spacial score (nSPS) is 11.2. The Balaban J connectivity index is 2.19. The first-order chi connectivity index (χ1) is 12.1. The molecule has 25 heavy (non-hydrogen) atoms. The molecule has 0 bridgehead atoms. The van der Waals surface area contributed by atoms with Gasteiger partial charge in [0.15, 0.2) is 0 Å². The summed E-state index contributed by atoms with van der Waals surface area (Å²) in [6, 6.07) is 11.7. The fourth-order valence-electron chi connectivity index (χ4n) is 2.66. The highest BCUT2D eigenvalue weighted by Gasteiger charge is 2.17. The van der Waals surface area contributed by atoms with E-state index in [0.717, 1.165) is 15.7 Å². The molecule has 2 aromatic carbocycles. The maximum Gasteiger partial charge on any atom is 0.331 e. The maximum atomic E-state index is 12.2. The average molecular weight is 377 g/mol. The summed E-state index contributed by atoms with van der Waals surface area (Å²) in [5, 5.41) is 3.11. The SMILES string of the molecule is CCc1c(Sc2ccc3ccccc3c2Cl)n(COC)c(=O)[nH]c1=O. The number of nitrogens with one attached hydrogen (secondary N) is 1. The summed E-state index contributed by atoms with van der Waals surface area (Å²) in [5.41, 5.74) is -0.339. The van der Waals surface area contributed by atoms with Crippen molar-refractivity contribution in [3.05, 3.63) is 67.8 Å². The third-order valence-electron chi connectivity index (χ3n) is 3.89. The number of ether oxygens (including phenoxy) is 1. The molecule has 0 aliphatic rings. The van der Waals surface area contributed by atoms with Crippen LogP contribution in [0.2, 0.25) is 5.02 Å². The first kappa shape index (κ1) is 17.8. The summed E-state index contributed by atoms with van der Waals surface area (Å²) in [7, 11) is 1.50. The van der Waals surface area contributed by atoms with E-state index in [1.54, 1.807) is 0 Å². The Kier molecular flexibility index (Phi) is 5.32. The molecule has 0 radical (unpaired) electrons. The van der Waals surface area contributed by atoms with E-state index in [1.807, 2.05) is 43.3 Å². The number of hydrogen-bond donors (Lipinski definition) is 1. The number of aromatic amines is 1. The number of halogens is 1. The molecule has 130 valence electrons. The summed E-state index contributed by atoms with van der Waals surface area (Å²) in [4.78, 5) is 27.5. The molecule has 0 saturated heterocycles. The van der Waals surface area contributed by atoms with Crippen LogP contribution in [0.3, 0.4) is 0 Å². The molecule has 0 unspecified atom stereocenters. The first-order valence-electron chi connectivity index (χ1n) is 7.76. The minimum absolute atomic E-state index is 0.0517. The zero-order valence-corrected chi connectivity index (χ0v) is 15.4. The highest BCUT2D eigenvalue weighted by Crippen LogP contribution is 2.38. The van der Waals surface area contributed by atoms with E-state index in [-0.39, 0.29) is 12.3 Å². The highest BCUT2D eigenvalue weighted by atomic mass is 35.5. The summed E-state index contributed by atoms with van der Waals surface area (Å²) >= 11 is 7.88. The smallest absolute Gasteiger partial charge is 0.331 e. The Morgan fingerprint density at radius 1 is 1.20 bits per heavy atom. The number of H-pyrrole nitrogens is 1. The molecule has 0 atom stereocenters. The van der Waals surface area contributed by atoms with E-state index in [4.69, 9.17) is 16.3 Å². The molecule has 0 aliphatic heterocycles. The van der Waals surface area contributed by atoms with Crippen LogP contribution in [0, 0.1) is 0 Å². The van der Waals surface area contributed by atoms with Gasteiger partial charge in [0.25, 0.3) is 5.56 Å². The lowest BCUT2D eigenvalue weighted by Crippen LogP contribution is -2.34. The van der Waals surface area contributed by atoms with Gasteiger partial charge >= 0.3 is 5.69 Å². The number of methoxy groups -OCH3 is 1. The summed E-state index contributed by atoms with van der Waals surface area (Å²) in [5.74, 6) is 0. The zero-order chi connectivity index (χ0) is 18.0. The quantitative estimate of drug-likeness (QED) is 0.690. The second-order valence-corrected chi connectivity index (χ2v) is 6.85. The van der Waals surface area contributed by atoms with Gasteiger partial charge in [-0.1, -0.05) is 60.6 Å². The molecule has 0 saturated carbocycles. The maximum absolute atomic E-state index is 12.2.